The van der Waals surface area contributed by atoms with Crippen LogP contribution in [0.25, 0.3) is 0 Å². The van der Waals surface area contributed by atoms with E-state index in [0.717, 1.165) is 29.1 Å². The molecule has 27 heavy (non-hydrogen) atoms. The monoisotopic (exact) mass is 363 g/mol. The lowest BCUT2D eigenvalue weighted by atomic mass is 10.1. The first-order valence-corrected chi connectivity index (χ1v) is 9.01. The molecule has 0 radical (unpaired) electrons. The highest BCUT2D eigenvalue weighted by Gasteiger charge is 2.13. The second-order valence-electron chi connectivity index (χ2n) is 6.61. The van der Waals surface area contributed by atoms with Gasteiger partial charge in [0.05, 0.1) is 18.8 Å². The molecule has 0 unspecified atom stereocenters. The summed E-state index contributed by atoms with van der Waals surface area (Å²) < 4.78 is 7.09. The molecule has 140 valence electrons. The second-order valence-corrected chi connectivity index (χ2v) is 6.61. The van der Waals surface area contributed by atoms with Gasteiger partial charge in [0.1, 0.15) is 0 Å². The summed E-state index contributed by atoms with van der Waals surface area (Å²) in [5.74, 6) is -0.0893. The molecule has 1 N–H and O–H groups in total. The van der Waals surface area contributed by atoms with Crippen molar-refractivity contribution in [2.75, 3.05) is 7.11 Å². The van der Waals surface area contributed by atoms with Crippen LogP contribution in [0.4, 0.5) is 0 Å². The number of carbonyl (C=O) groups excluding carboxylic acids is 1. The summed E-state index contributed by atoms with van der Waals surface area (Å²) in [6.45, 7) is 5.76. The SMILES string of the molecule is COCc1ccc(C(=O)NCc2c(C)nn(Cc3ccccc3)c2C)cc1. The second kappa shape index (κ2) is 8.64. The van der Waals surface area contributed by atoms with Crippen molar-refractivity contribution in [3.05, 3.63) is 88.2 Å². The molecular weight excluding hydrogens is 338 g/mol. The summed E-state index contributed by atoms with van der Waals surface area (Å²) >= 11 is 0. The molecule has 0 fully saturated rings. The smallest absolute Gasteiger partial charge is 0.251 e. The minimum Gasteiger partial charge on any atom is -0.380 e. The Morgan fingerprint density at radius 1 is 1.04 bits per heavy atom. The summed E-state index contributed by atoms with van der Waals surface area (Å²) in [5, 5.41) is 7.64. The molecule has 1 amide bonds. The predicted molar refractivity (Wildman–Crippen MR) is 106 cm³/mol. The molecule has 0 bridgehead atoms. The van der Waals surface area contributed by atoms with Crippen LogP contribution in [0.3, 0.4) is 0 Å². The van der Waals surface area contributed by atoms with Gasteiger partial charge in [-0.15, -0.1) is 0 Å². The highest BCUT2D eigenvalue weighted by molar-refractivity contribution is 5.94. The standard InChI is InChI=1S/C22H25N3O2/c1-16-21(17(2)25(24-16)14-18-7-5-4-6-8-18)13-23-22(26)20-11-9-19(10-12-20)15-27-3/h4-12H,13-15H2,1-3H3,(H,23,26). The molecule has 5 nitrogen and oxygen atoms in total. The minimum atomic E-state index is -0.0893. The number of ether oxygens (including phenoxy) is 1. The zero-order chi connectivity index (χ0) is 19.2. The van der Waals surface area contributed by atoms with E-state index in [1.54, 1.807) is 7.11 Å². The predicted octanol–water partition coefficient (Wildman–Crippen LogP) is 3.62. The first kappa shape index (κ1) is 18.9. The van der Waals surface area contributed by atoms with Gasteiger partial charge in [0.2, 0.25) is 0 Å². The zero-order valence-corrected chi connectivity index (χ0v) is 16.0. The lowest BCUT2D eigenvalue weighted by Crippen LogP contribution is -2.23. The molecule has 5 heteroatoms. The number of benzene rings is 2. The van der Waals surface area contributed by atoms with Crippen LogP contribution >= 0.6 is 0 Å². The third-order valence-electron chi connectivity index (χ3n) is 4.66. The zero-order valence-electron chi connectivity index (χ0n) is 16.0. The summed E-state index contributed by atoms with van der Waals surface area (Å²) in [6.07, 6.45) is 0. The van der Waals surface area contributed by atoms with Crippen LogP contribution in [0.2, 0.25) is 0 Å². The summed E-state index contributed by atoms with van der Waals surface area (Å²) in [6, 6.07) is 17.7. The Balaban J connectivity index is 1.66. The molecule has 0 aliphatic carbocycles. The van der Waals surface area contributed by atoms with Gasteiger partial charge in [-0.1, -0.05) is 42.5 Å². The fraction of sp³-hybridized carbons (Fsp3) is 0.273. The van der Waals surface area contributed by atoms with E-state index < -0.39 is 0 Å². The number of hydrogen-bond acceptors (Lipinski definition) is 3. The Hall–Kier alpha value is -2.92. The van der Waals surface area contributed by atoms with Crippen molar-refractivity contribution in [1.29, 1.82) is 0 Å². The third-order valence-corrected chi connectivity index (χ3v) is 4.66. The Morgan fingerprint density at radius 3 is 2.41 bits per heavy atom. The molecule has 3 aromatic rings. The topological polar surface area (TPSA) is 56.1 Å². The van der Waals surface area contributed by atoms with E-state index in [2.05, 4.69) is 22.5 Å². The molecule has 0 aliphatic rings. The number of hydrogen-bond donors (Lipinski definition) is 1. The van der Waals surface area contributed by atoms with Gasteiger partial charge in [-0.2, -0.15) is 5.10 Å². The van der Waals surface area contributed by atoms with Gasteiger partial charge in [0, 0.05) is 30.5 Å². The molecule has 0 saturated heterocycles. The first-order chi connectivity index (χ1) is 13.1. The lowest BCUT2D eigenvalue weighted by molar-refractivity contribution is 0.0950. The van der Waals surface area contributed by atoms with Gasteiger partial charge in [-0.3, -0.25) is 9.48 Å². The van der Waals surface area contributed by atoms with Crippen LogP contribution in [0, 0.1) is 13.8 Å². The maximum atomic E-state index is 12.4. The Morgan fingerprint density at radius 2 is 1.74 bits per heavy atom. The van der Waals surface area contributed by atoms with Crippen molar-refractivity contribution in [2.45, 2.75) is 33.5 Å². The van der Waals surface area contributed by atoms with E-state index >= 15 is 0 Å². The van der Waals surface area contributed by atoms with E-state index in [4.69, 9.17) is 4.74 Å². The fourth-order valence-electron chi connectivity index (χ4n) is 3.09. The maximum absolute atomic E-state index is 12.4. The lowest BCUT2D eigenvalue weighted by Gasteiger charge is -2.08. The van der Waals surface area contributed by atoms with Gasteiger partial charge in [-0.25, -0.2) is 0 Å². The number of amides is 1. The number of methoxy groups -OCH3 is 1. The first-order valence-electron chi connectivity index (χ1n) is 9.01. The van der Waals surface area contributed by atoms with Crippen LogP contribution in [-0.4, -0.2) is 22.8 Å². The van der Waals surface area contributed by atoms with Crippen molar-refractivity contribution >= 4 is 5.91 Å². The van der Waals surface area contributed by atoms with Crippen molar-refractivity contribution in [2.24, 2.45) is 0 Å². The number of aromatic nitrogens is 2. The Bertz CT molecular complexity index is 899. The van der Waals surface area contributed by atoms with Crippen LogP contribution in [0.15, 0.2) is 54.6 Å². The van der Waals surface area contributed by atoms with E-state index in [9.17, 15) is 4.79 Å². The molecule has 1 aromatic heterocycles. The van der Waals surface area contributed by atoms with Gasteiger partial charge < -0.3 is 10.1 Å². The number of carbonyl (C=O) groups is 1. The largest absolute Gasteiger partial charge is 0.380 e. The third kappa shape index (κ3) is 4.63. The molecule has 0 aliphatic heterocycles. The Labute approximate surface area is 160 Å². The molecule has 3 rings (SSSR count). The van der Waals surface area contributed by atoms with E-state index in [1.807, 2.05) is 61.0 Å². The number of rotatable bonds is 7. The molecular formula is C22H25N3O2. The Kier molecular flexibility index (Phi) is 6.04. The van der Waals surface area contributed by atoms with E-state index in [0.29, 0.717) is 18.7 Å². The molecule has 0 spiro atoms. The normalized spacial score (nSPS) is 10.8. The average molecular weight is 363 g/mol. The highest BCUT2D eigenvalue weighted by atomic mass is 16.5. The van der Waals surface area contributed by atoms with E-state index in [1.165, 1.54) is 5.56 Å². The van der Waals surface area contributed by atoms with Crippen molar-refractivity contribution in [3.8, 4) is 0 Å². The molecule has 2 aromatic carbocycles. The van der Waals surface area contributed by atoms with Crippen LogP contribution in [-0.2, 0) is 24.4 Å². The van der Waals surface area contributed by atoms with Crippen molar-refractivity contribution in [3.63, 3.8) is 0 Å². The quantitative estimate of drug-likeness (QED) is 0.697. The van der Waals surface area contributed by atoms with Crippen LogP contribution in [0.1, 0.15) is 38.4 Å². The van der Waals surface area contributed by atoms with Gasteiger partial charge in [-0.05, 0) is 37.1 Å². The van der Waals surface area contributed by atoms with Gasteiger partial charge >= 0.3 is 0 Å². The van der Waals surface area contributed by atoms with Crippen LogP contribution in [0.5, 0.6) is 0 Å². The summed E-state index contributed by atoms with van der Waals surface area (Å²) in [4.78, 5) is 12.4. The van der Waals surface area contributed by atoms with Crippen LogP contribution < -0.4 is 5.32 Å². The summed E-state index contributed by atoms with van der Waals surface area (Å²) in [7, 11) is 1.66. The minimum absolute atomic E-state index is 0.0893. The average Bonchev–Trinajstić information content (AvgIpc) is 2.94. The number of nitrogens with zero attached hydrogens (tertiary/aromatic N) is 2. The summed E-state index contributed by atoms with van der Waals surface area (Å²) in [5.41, 5.74) is 5.97. The number of nitrogens with one attached hydrogen (secondary N) is 1. The molecule has 1 heterocycles. The van der Waals surface area contributed by atoms with E-state index in [-0.39, 0.29) is 5.91 Å². The van der Waals surface area contributed by atoms with Gasteiger partial charge in [0.15, 0.2) is 0 Å². The van der Waals surface area contributed by atoms with Crippen molar-refractivity contribution < 1.29 is 9.53 Å². The molecule has 0 atom stereocenters. The highest BCUT2D eigenvalue weighted by Crippen LogP contribution is 2.15. The molecule has 0 saturated carbocycles. The number of aryl methyl sites for hydroxylation is 1. The fourth-order valence-corrected chi connectivity index (χ4v) is 3.09. The maximum Gasteiger partial charge on any atom is 0.251 e. The van der Waals surface area contributed by atoms with Crippen molar-refractivity contribution in [1.82, 2.24) is 15.1 Å². The van der Waals surface area contributed by atoms with Gasteiger partial charge in [0.25, 0.3) is 5.91 Å².